The third-order valence-corrected chi connectivity index (χ3v) is 5.59. The average Bonchev–Trinajstić information content (AvgIpc) is 3.15. The zero-order valence-corrected chi connectivity index (χ0v) is 16.2. The number of nitrogens with zero attached hydrogens (tertiary/aromatic N) is 4. The molecule has 0 radical (unpaired) electrons. The van der Waals surface area contributed by atoms with Crippen molar-refractivity contribution in [2.24, 2.45) is 0 Å². The lowest BCUT2D eigenvalue weighted by Gasteiger charge is -2.34. The minimum absolute atomic E-state index is 0.00264. The summed E-state index contributed by atoms with van der Waals surface area (Å²) in [5.74, 6) is 0.00264. The Labute approximate surface area is 163 Å². The minimum Gasteiger partial charge on any atom is -0.323 e. The molecule has 1 aromatic heterocycles. The summed E-state index contributed by atoms with van der Waals surface area (Å²) in [5, 5.41) is 2.99. The molecular weight excluding hydrogens is 358 g/mol. The normalized spacial score (nSPS) is 15.9. The maximum atomic E-state index is 12.5. The molecule has 1 fully saturated rings. The average molecular weight is 382 g/mol. The third kappa shape index (κ3) is 4.32. The molecule has 0 saturated carbocycles. The number of aryl methyl sites for hydroxylation is 1. The molecule has 140 valence electrons. The second-order valence-corrected chi connectivity index (χ2v) is 7.49. The van der Waals surface area contributed by atoms with E-state index in [1.54, 1.807) is 0 Å². The fraction of sp³-hybridized carbons (Fsp3) is 0.350. The van der Waals surface area contributed by atoms with Crippen molar-refractivity contribution >= 4 is 34.4 Å². The lowest BCUT2D eigenvalue weighted by Crippen LogP contribution is -2.48. The zero-order valence-electron chi connectivity index (χ0n) is 15.4. The van der Waals surface area contributed by atoms with Gasteiger partial charge in [0.2, 0.25) is 5.91 Å². The van der Waals surface area contributed by atoms with Crippen molar-refractivity contribution in [3.63, 3.8) is 0 Å². The highest BCUT2D eigenvalue weighted by molar-refractivity contribution is 7.00. The quantitative estimate of drug-likeness (QED) is 0.736. The van der Waals surface area contributed by atoms with Crippen LogP contribution in [0.3, 0.4) is 0 Å². The smallest absolute Gasteiger partial charge is 0.238 e. The fourth-order valence-corrected chi connectivity index (χ4v) is 3.98. The molecule has 6 nitrogen and oxygen atoms in total. The number of aromatic nitrogens is 2. The summed E-state index contributed by atoms with van der Waals surface area (Å²) in [4.78, 5) is 17.1. The van der Waals surface area contributed by atoms with Crippen LogP contribution in [0.4, 0.5) is 5.69 Å². The number of piperazine rings is 1. The van der Waals surface area contributed by atoms with Gasteiger partial charge >= 0.3 is 0 Å². The molecule has 27 heavy (non-hydrogen) atoms. The van der Waals surface area contributed by atoms with Crippen LogP contribution >= 0.6 is 11.7 Å². The first-order valence-corrected chi connectivity index (χ1v) is 9.92. The van der Waals surface area contributed by atoms with Crippen LogP contribution in [0.15, 0.2) is 42.5 Å². The van der Waals surface area contributed by atoms with E-state index in [0.29, 0.717) is 6.54 Å². The number of hydrogen-bond acceptors (Lipinski definition) is 6. The fourth-order valence-electron chi connectivity index (χ4n) is 3.43. The van der Waals surface area contributed by atoms with E-state index >= 15 is 0 Å². The molecule has 1 N–H and O–H groups in total. The van der Waals surface area contributed by atoms with Crippen LogP contribution < -0.4 is 5.32 Å². The molecule has 1 saturated heterocycles. The maximum absolute atomic E-state index is 12.5. The number of benzene rings is 2. The summed E-state index contributed by atoms with van der Waals surface area (Å²) < 4.78 is 8.49. The second kappa shape index (κ2) is 8.12. The zero-order chi connectivity index (χ0) is 18.6. The minimum atomic E-state index is 0.00264. The number of rotatable bonds is 5. The highest BCUT2D eigenvalue weighted by Gasteiger charge is 2.20. The number of carbonyl (C=O) groups is 1. The Kier molecular flexibility index (Phi) is 5.42. The first-order chi connectivity index (χ1) is 13.2. The monoisotopic (exact) mass is 381 g/mol. The van der Waals surface area contributed by atoms with Crippen LogP contribution in [-0.4, -0.2) is 57.2 Å². The van der Waals surface area contributed by atoms with Gasteiger partial charge in [0.1, 0.15) is 11.0 Å². The second-order valence-electron chi connectivity index (χ2n) is 6.96. The van der Waals surface area contributed by atoms with Crippen LogP contribution in [-0.2, 0) is 11.3 Å². The molecule has 7 heteroatoms. The van der Waals surface area contributed by atoms with Crippen molar-refractivity contribution in [1.29, 1.82) is 0 Å². The Bertz CT molecular complexity index is 933. The number of hydrogen-bond donors (Lipinski definition) is 1. The van der Waals surface area contributed by atoms with Crippen molar-refractivity contribution in [1.82, 2.24) is 18.5 Å². The first-order valence-electron chi connectivity index (χ1n) is 9.19. The van der Waals surface area contributed by atoms with Gasteiger partial charge in [-0.05, 0) is 30.2 Å². The number of amides is 1. The summed E-state index contributed by atoms with van der Waals surface area (Å²) >= 11 is 1.16. The van der Waals surface area contributed by atoms with Gasteiger partial charge in [-0.1, -0.05) is 30.3 Å². The Morgan fingerprint density at radius 1 is 1.04 bits per heavy atom. The molecule has 0 atom stereocenters. The number of anilines is 1. The first kappa shape index (κ1) is 18.0. The van der Waals surface area contributed by atoms with E-state index in [1.807, 2.05) is 18.2 Å². The van der Waals surface area contributed by atoms with Gasteiger partial charge in [0.05, 0.1) is 24.0 Å². The predicted molar refractivity (Wildman–Crippen MR) is 109 cm³/mol. The van der Waals surface area contributed by atoms with Crippen molar-refractivity contribution in [3.05, 3.63) is 53.6 Å². The van der Waals surface area contributed by atoms with E-state index < -0.39 is 0 Å². The summed E-state index contributed by atoms with van der Waals surface area (Å²) in [7, 11) is 0. The van der Waals surface area contributed by atoms with Gasteiger partial charge in [0.25, 0.3) is 0 Å². The van der Waals surface area contributed by atoms with Crippen LogP contribution in [0.5, 0.6) is 0 Å². The molecule has 1 aliphatic heterocycles. The summed E-state index contributed by atoms with van der Waals surface area (Å²) in [6.07, 6.45) is 0. The largest absolute Gasteiger partial charge is 0.323 e. The maximum Gasteiger partial charge on any atom is 0.238 e. The Morgan fingerprint density at radius 2 is 1.81 bits per heavy atom. The van der Waals surface area contributed by atoms with Crippen molar-refractivity contribution in [2.45, 2.75) is 13.5 Å². The van der Waals surface area contributed by atoms with Crippen molar-refractivity contribution < 1.29 is 4.79 Å². The molecule has 1 aliphatic rings. The van der Waals surface area contributed by atoms with E-state index in [9.17, 15) is 4.79 Å². The van der Waals surface area contributed by atoms with E-state index in [4.69, 9.17) is 0 Å². The lowest BCUT2D eigenvalue weighted by molar-refractivity contribution is -0.117. The molecule has 1 amide bonds. The van der Waals surface area contributed by atoms with Crippen LogP contribution in [0.25, 0.3) is 11.0 Å². The predicted octanol–water partition coefficient (Wildman–Crippen LogP) is 2.76. The molecule has 0 aliphatic carbocycles. The van der Waals surface area contributed by atoms with Gasteiger partial charge in [-0.15, -0.1) is 0 Å². The highest BCUT2D eigenvalue weighted by Crippen LogP contribution is 2.21. The molecule has 0 bridgehead atoms. The Morgan fingerprint density at radius 3 is 2.63 bits per heavy atom. The van der Waals surface area contributed by atoms with Gasteiger partial charge in [-0.25, -0.2) is 0 Å². The van der Waals surface area contributed by atoms with Gasteiger partial charge in [0, 0.05) is 32.7 Å². The summed E-state index contributed by atoms with van der Waals surface area (Å²) in [6.45, 7) is 7.32. The highest BCUT2D eigenvalue weighted by atomic mass is 32.1. The molecule has 0 spiro atoms. The lowest BCUT2D eigenvalue weighted by atomic mass is 10.1. The van der Waals surface area contributed by atoms with Crippen LogP contribution in [0.1, 0.15) is 11.1 Å². The van der Waals surface area contributed by atoms with Crippen molar-refractivity contribution in [3.8, 4) is 0 Å². The van der Waals surface area contributed by atoms with E-state index in [0.717, 1.165) is 61.2 Å². The topological polar surface area (TPSA) is 61.4 Å². The number of nitrogens with one attached hydrogen (secondary N) is 1. The van der Waals surface area contributed by atoms with E-state index in [1.165, 1.54) is 11.1 Å². The Balaban J connectivity index is 1.28. The number of fused-ring (bicyclic) bond motifs is 1. The number of carbonyl (C=O) groups excluding carboxylic acids is 1. The van der Waals surface area contributed by atoms with E-state index in [2.05, 4.69) is 55.1 Å². The molecule has 4 rings (SSSR count). The van der Waals surface area contributed by atoms with Gasteiger partial charge in [0.15, 0.2) is 0 Å². The summed E-state index contributed by atoms with van der Waals surface area (Å²) in [6, 6.07) is 14.2. The van der Waals surface area contributed by atoms with Gasteiger partial charge < -0.3 is 5.32 Å². The van der Waals surface area contributed by atoms with Gasteiger partial charge in [-0.3, -0.25) is 14.6 Å². The SMILES string of the molecule is Cc1ccccc1CN1CCN(CC(=O)Nc2cccc3nsnc23)CC1. The van der Waals surface area contributed by atoms with Crippen molar-refractivity contribution in [2.75, 3.05) is 38.0 Å². The third-order valence-electron chi connectivity index (χ3n) is 5.05. The van der Waals surface area contributed by atoms with E-state index in [-0.39, 0.29) is 5.91 Å². The molecular formula is C20H23N5OS. The molecule has 0 unspecified atom stereocenters. The Hall–Kier alpha value is -2.35. The molecule has 3 aromatic rings. The molecule has 2 aromatic carbocycles. The van der Waals surface area contributed by atoms with Crippen LogP contribution in [0, 0.1) is 6.92 Å². The molecule has 2 heterocycles. The van der Waals surface area contributed by atoms with Gasteiger partial charge in [-0.2, -0.15) is 8.75 Å². The standard InChI is InChI=1S/C20H23N5OS/c1-15-5-2-3-6-16(15)13-24-9-11-25(12-10-24)14-19(26)21-17-7-4-8-18-20(17)23-27-22-18/h2-8H,9-14H2,1H3,(H,21,26). The summed E-state index contributed by atoms with van der Waals surface area (Å²) in [5.41, 5.74) is 5.05. The van der Waals surface area contributed by atoms with Crippen LogP contribution in [0.2, 0.25) is 0 Å².